The van der Waals surface area contributed by atoms with Gasteiger partial charge in [0, 0.05) is 5.56 Å². The summed E-state index contributed by atoms with van der Waals surface area (Å²) in [6.45, 7) is 1.56. The minimum Gasteiger partial charge on any atom is -0.493 e. The molecule has 98 valence electrons. The van der Waals surface area contributed by atoms with Gasteiger partial charge in [-0.25, -0.2) is 13.6 Å². The minimum absolute atomic E-state index is 0.130. The first-order chi connectivity index (χ1) is 8.36. The fourth-order valence-electron chi connectivity index (χ4n) is 1.66. The number of nitriles is 1. The number of hydrogen-bond acceptors (Lipinski definition) is 5. The average Bonchev–Trinajstić information content (AvgIpc) is 2.34. The van der Waals surface area contributed by atoms with Crippen LogP contribution in [0.15, 0.2) is 17.0 Å². The van der Waals surface area contributed by atoms with Gasteiger partial charge in [-0.05, 0) is 19.1 Å². The van der Waals surface area contributed by atoms with Crippen LogP contribution in [0.4, 0.5) is 0 Å². The summed E-state index contributed by atoms with van der Waals surface area (Å²) in [4.78, 5) is -0.130. The Hall–Kier alpha value is -1.78. The lowest BCUT2D eigenvalue weighted by molar-refractivity contribution is 0.349. The van der Waals surface area contributed by atoms with Crippen LogP contribution in [0.1, 0.15) is 18.4 Å². The van der Waals surface area contributed by atoms with Crippen LogP contribution in [0, 0.1) is 11.3 Å². The molecule has 18 heavy (non-hydrogen) atoms. The molecule has 0 aromatic heterocycles. The van der Waals surface area contributed by atoms with Gasteiger partial charge >= 0.3 is 0 Å². The topological polar surface area (TPSA) is 102 Å². The van der Waals surface area contributed by atoms with Crippen molar-refractivity contribution in [1.82, 2.24) is 0 Å². The van der Waals surface area contributed by atoms with E-state index in [2.05, 4.69) is 0 Å². The lowest BCUT2D eigenvalue weighted by atomic mass is 10.0. The molecule has 0 aliphatic heterocycles. The summed E-state index contributed by atoms with van der Waals surface area (Å²) in [6.07, 6.45) is 0. The molecule has 0 heterocycles. The third-order valence-corrected chi connectivity index (χ3v) is 3.45. The van der Waals surface area contributed by atoms with E-state index in [4.69, 9.17) is 19.9 Å². The van der Waals surface area contributed by atoms with Crippen LogP contribution < -0.4 is 14.6 Å². The van der Waals surface area contributed by atoms with Crippen LogP contribution in [0.5, 0.6) is 11.5 Å². The van der Waals surface area contributed by atoms with E-state index >= 15 is 0 Å². The van der Waals surface area contributed by atoms with Gasteiger partial charge in [0.2, 0.25) is 10.0 Å². The zero-order valence-corrected chi connectivity index (χ0v) is 11.1. The molecule has 1 unspecified atom stereocenters. The third kappa shape index (κ3) is 2.55. The molecule has 1 atom stereocenters. The van der Waals surface area contributed by atoms with Crippen molar-refractivity contribution in [2.75, 3.05) is 14.2 Å². The normalized spacial score (nSPS) is 12.6. The third-order valence-electron chi connectivity index (χ3n) is 2.48. The molecule has 6 nitrogen and oxygen atoms in total. The van der Waals surface area contributed by atoms with E-state index in [1.165, 1.54) is 26.4 Å². The average molecular weight is 270 g/mol. The molecule has 1 rings (SSSR count). The summed E-state index contributed by atoms with van der Waals surface area (Å²) < 4.78 is 33.2. The van der Waals surface area contributed by atoms with Crippen LogP contribution in [-0.2, 0) is 10.0 Å². The van der Waals surface area contributed by atoms with E-state index < -0.39 is 15.9 Å². The van der Waals surface area contributed by atoms with Crippen molar-refractivity contribution < 1.29 is 17.9 Å². The molecule has 0 saturated heterocycles. The van der Waals surface area contributed by atoms with E-state index in [1.54, 1.807) is 6.92 Å². The van der Waals surface area contributed by atoms with Crippen molar-refractivity contribution in [3.05, 3.63) is 17.7 Å². The van der Waals surface area contributed by atoms with E-state index in [0.29, 0.717) is 5.75 Å². The Balaban J connectivity index is 3.72. The number of methoxy groups -OCH3 is 2. The first-order valence-corrected chi connectivity index (χ1v) is 6.58. The Morgan fingerprint density at radius 2 is 1.94 bits per heavy atom. The van der Waals surface area contributed by atoms with Gasteiger partial charge in [-0.3, -0.25) is 0 Å². The number of sulfonamides is 1. The van der Waals surface area contributed by atoms with Crippen molar-refractivity contribution in [2.45, 2.75) is 17.7 Å². The molecular formula is C11H14N2O4S. The first-order valence-electron chi connectivity index (χ1n) is 5.04. The lowest BCUT2D eigenvalue weighted by Gasteiger charge is -2.17. The van der Waals surface area contributed by atoms with Gasteiger partial charge in [0.1, 0.15) is 0 Å². The Labute approximate surface area is 106 Å². The Kier molecular flexibility index (Phi) is 4.16. The minimum atomic E-state index is -3.93. The summed E-state index contributed by atoms with van der Waals surface area (Å²) in [7, 11) is -1.13. The second-order valence-corrected chi connectivity index (χ2v) is 5.14. The second-order valence-electron chi connectivity index (χ2n) is 3.61. The smallest absolute Gasteiger partial charge is 0.238 e. The molecule has 0 bridgehead atoms. The van der Waals surface area contributed by atoms with E-state index in [1.807, 2.05) is 6.07 Å². The van der Waals surface area contributed by atoms with Gasteiger partial charge in [0.05, 0.1) is 31.1 Å². The van der Waals surface area contributed by atoms with Crippen molar-refractivity contribution in [1.29, 1.82) is 5.26 Å². The highest BCUT2D eigenvalue weighted by Gasteiger charge is 2.25. The van der Waals surface area contributed by atoms with Crippen LogP contribution in [0.25, 0.3) is 0 Å². The summed E-state index contributed by atoms with van der Waals surface area (Å²) in [6, 6.07) is 4.71. The Morgan fingerprint density at radius 1 is 1.33 bits per heavy atom. The Morgan fingerprint density at radius 3 is 2.33 bits per heavy atom. The second kappa shape index (κ2) is 5.25. The molecular weight excluding hydrogens is 256 g/mol. The molecule has 0 aliphatic rings. The van der Waals surface area contributed by atoms with E-state index in [0.717, 1.165) is 0 Å². The van der Waals surface area contributed by atoms with Gasteiger partial charge in [0.25, 0.3) is 0 Å². The monoisotopic (exact) mass is 270 g/mol. The molecule has 0 saturated carbocycles. The SMILES string of the molecule is COc1ccc(S(N)(=O)=O)c(C(C)C#N)c1OC. The maximum absolute atomic E-state index is 11.5. The number of ether oxygens (including phenoxy) is 2. The molecule has 1 aromatic carbocycles. The number of nitrogens with two attached hydrogens (primary N) is 1. The quantitative estimate of drug-likeness (QED) is 0.878. The number of hydrogen-bond donors (Lipinski definition) is 1. The van der Waals surface area contributed by atoms with Gasteiger partial charge in [0.15, 0.2) is 11.5 Å². The zero-order chi connectivity index (χ0) is 13.9. The lowest BCUT2D eigenvalue weighted by Crippen LogP contribution is -2.16. The molecule has 0 amide bonds. The summed E-state index contributed by atoms with van der Waals surface area (Å²) in [5.74, 6) is -0.136. The standard InChI is InChI=1S/C11H14N2O4S/c1-7(6-12)10-9(18(13,14)15)5-4-8(16-2)11(10)17-3/h4-5,7H,1-3H3,(H2,13,14,15). The largest absolute Gasteiger partial charge is 0.493 e. The molecule has 0 fully saturated rings. The van der Waals surface area contributed by atoms with E-state index in [-0.39, 0.29) is 16.2 Å². The fourth-order valence-corrected chi connectivity index (χ4v) is 2.49. The molecule has 1 aromatic rings. The summed E-state index contributed by atoms with van der Waals surface area (Å²) >= 11 is 0. The van der Waals surface area contributed by atoms with Crippen molar-refractivity contribution in [3.63, 3.8) is 0 Å². The number of primary sulfonamides is 1. The maximum atomic E-state index is 11.5. The number of benzene rings is 1. The van der Waals surface area contributed by atoms with Crippen molar-refractivity contribution in [2.24, 2.45) is 5.14 Å². The number of rotatable bonds is 4. The van der Waals surface area contributed by atoms with Gasteiger partial charge < -0.3 is 9.47 Å². The maximum Gasteiger partial charge on any atom is 0.238 e. The number of nitrogens with zero attached hydrogens (tertiary/aromatic N) is 1. The highest BCUT2D eigenvalue weighted by molar-refractivity contribution is 7.89. The molecule has 7 heteroatoms. The molecule has 0 aliphatic carbocycles. The molecule has 0 spiro atoms. The molecule has 2 N–H and O–H groups in total. The van der Waals surface area contributed by atoms with Crippen LogP contribution in [0.2, 0.25) is 0 Å². The molecule has 0 radical (unpaired) electrons. The van der Waals surface area contributed by atoms with Crippen molar-refractivity contribution in [3.8, 4) is 17.6 Å². The highest BCUT2D eigenvalue weighted by atomic mass is 32.2. The van der Waals surface area contributed by atoms with Gasteiger partial charge in [-0.1, -0.05) is 0 Å². The van der Waals surface area contributed by atoms with Crippen LogP contribution in [-0.4, -0.2) is 22.6 Å². The van der Waals surface area contributed by atoms with Gasteiger partial charge in [-0.15, -0.1) is 0 Å². The summed E-state index contributed by atoms with van der Waals surface area (Å²) in [5, 5.41) is 14.1. The van der Waals surface area contributed by atoms with Crippen LogP contribution in [0.3, 0.4) is 0 Å². The summed E-state index contributed by atoms with van der Waals surface area (Å²) in [5.41, 5.74) is 0.210. The van der Waals surface area contributed by atoms with E-state index in [9.17, 15) is 8.42 Å². The first kappa shape index (κ1) is 14.3. The fraction of sp³-hybridized carbons (Fsp3) is 0.364. The Bertz CT molecular complexity index is 590. The predicted molar refractivity (Wildman–Crippen MR) is 64.9 cm³/mol. The van der Waals surface area contributed by atoms with Crippen molar-refractivity contribution >= 4 is 10.0 Å². The van der Waals surface area contributed by atoms with Crippen LogP contribution >= 0.6 is 0 Å². The highest BCUT2D eigenvalue weighted by Crippen LogP contribution is 2.39. The predicted octanol–water partition coefficient (Wildman–Crippen LogP) is 0.978. The van der Waals surface area contributed by atoms with Gasteiger partial charge in [-0.2, -0.15) is 5.26 Å². The zero-order valence-electron chi connectivity index (χ0n) is 10.3.